The molecule has 1 aromatic rings. The summed E-state index contributed by atoms with van der Waals surface area (Å²) in [6.45, 7) is 4.22. The van der Waals surface area contributed by atoms with Crippen molar-refractivity contribution in [2.24, 2.45) is 0 Å². The van der Waals surface area contributed by atoms with Crippen molar-refractivity contribution in [2.75, 3.05) is 12.3 Å². The van der Waals surface area contributed by atoms with Crippen LogP contribution >= 0.6 is 11.8 Å². The van der Waals surface area contributed by atoms with Crippen molar-refractivity contribution >= 4 is 17.4 Å². The van der Waals surface area contributed by atoms with Crippen molar-refractivity contribution < 1.29 is 5.11 Å². The summed E-state index contributed by atoms with van der Waals surface area (Å²) < 4.78 is 0. The maximum absolute atomic E-state index is 8.75. The smallest absolute Gasteiger partial charge is 0.0983 e. The number of anilines is 1. The third-order valence-electron chi connectivity index (χ3n) is 1.98. The summed E-state index contributed by atoms with van der Waals surface area (Å²) in [5, 5.41) is 10.1. The quantitative estimate of drug-likeness (QED) is 0.748. The van der Waals surface area contributed by atoms with Gasteiger partial charge in [-0.3, -0.25) is 0 Å². The largest absolute Gasteiger partial charge is 0.398 e. The number of aliphatic hydroxyl groups excluding tert-OH is 1. The Balaban J connectivity index is 2.63. The second-order valence-electron chi connectivity index (χ2n) is 3.32. The van der Waals surface area contributed by atoms with Crippen molar-refractivity contribution in [2.45, 2.75) is 30.5 Å². The molecule has 1 heterocycles. The molecule has 78 valence electrons. The Morgan fingerprint density at radius 3 is 2.93 bits per heavy atom. The van der Waals surface area contributed by atoms with Crippen LogP contribution in [0, 0.1) is 6.92 Å². The zero-order chi connectivity index (χ0) is 10.6. The number of aryl methyl sites for hydroxylation is 1. The van der Waals surface area contributed by atoms with Crippen molar-refractivity contribution in [3.63, 3.8) is 0 Å². The number of aromatic nitrogens is 1. The lowest BCUT2D eigenvalue weighted by molar-refractivity contribution is 0.289. The van der Waals surface area contributed by atoms with Gasteiger partial charge in [0.15, 0.2) is 0 Å². The van der Waals surface area contributed by atoms with Crippen molar-refractivity contribution in [1.29, 1.82) is 0 Å². The number of thioether (sulfide) groups is 1. The van der Waals surface area contributed by atoms with Gasteiger partial charge in [-0.15, -0.1) is 11.8 Å². The molecule has 0 aliphatic carbocycles. The summed E-state index contributed by atoms with van der Waals surface area (Å²) >= 11 is 1.64. The number of nitrogen functional groups attached to an aromatic ring is 1. The number of rotatable bonds is 4. The molecule has 3 N–H and O–H groups in total. The lowest BCUT2D eigenvalue weighted by Crippen LogP contribution is -2.00. The molecule has 1 atom stereocenters. The van der Waals surface area contributed by atoms with Crippen LogP contribution in [0.5, 0.6) is 0 Å². The summed E-state index contributed by atoms with van der Waals surface area (Å²) in [6.07, 6.45) is 2.56. The van der Waals surface area contributed by atoms with Crippen LogP contribution in [0.1, 0.15) is 18.9 Å². The SMILES string of the molecule is Cc1cnc(SC(C)CCO)cc1N. The van der Waals surface area contributed by atoms with Gasteiger partial charge in [0.1, 0.15) is 0 Å². The summed E-state index contributed by atoms with van der Waals surface area (Å²) in [5.41, 5.74) is 7.55. The van der Waals surface area contributed by atoms with Gasteiger partial charge < -0.3 is 10.8 Å². The fraction of sp³-hybridized carbons (Fsp3) is 0.500. The molecule has 0 aromatic carbocycles. The van der Waals surface area contributed by atoms with Crippen LogP contribution in [0.4, 0.5) is 5.69 Å². The minimum absolute atomic E-state index is 0.218. The number of aliphatic hydroxyl groups is 1. The third kappa shape index (κ3) is 3.20. The standard InChI is InChI=1S/C10H16N2OS/c1-7-6-12-10(5-9(7)11)14-8(2)3-4-13/h5-6,8,13H,3-4H2,1-2H3,(H2,11,12). The van der Waals surface area contributed by atoms with E-state index in [0.29, 0.717) is 5.25 Å². The molecule has 1 unspecified atom stereocenters. The van der Waals surface area contributed by atoms with E-state index in [4.69, 9.17) is 10.8 Å². The first-order valence-electron chi connectivity index (χ1n) is 4.63. The Labute approximate surface area is 88.7 Å². The molecule has 0 bridgehead atoms. The molecule has 0 aliphatic heterocycles. The lowest BCUT2D eigenvalue weighted by Gasteiger charge is -2.09. The molecule has 0 saturated heterocycles. The average molecular weight is 212 g/mol. The molecule has 0 amide bonds. The van der Waals surface area contributed by atoms with Gasteiger partial charge in [-0.05, 0) is 25.0 Å². The zero-order valence-corrected chi connectivity index (χ0v) is 9.34. The van der Waals surface area contributed by atoms with E-state index in [1.807, 2.05) is 13.0 Å². The first kappa shape index (κ1) is 11.3. The highest BCUT2D eigenvalue weighted by molar-refractivity contribution is 7.99. The average Bonchev–Trinajstić information content (AvgIpc) is 2.12. The fourth-order valence-corrected chi connectivity index (χ4v) is 1.97. The molecule has 4 heteroatoms. The van der Waals surface area contributed by atoms with Crippen LogP contribution < -0.4 is 5.73 Å². The second kappa shape index (κ2) is 5.22. The van der Waals surface area contributed by atoms with Gasteiger partial charge in [-0.25, -0.2) is 4.98 Å². The fourth-order valence-electron chi connectivity index (χ4n) is 1.03. The number of nitrogens with two attached hydrogens (primary N) is 1. The first-order chi connectivity index (χ1) is 6.63. The molecule has 3 nitrogen and oxygen atoms in total. The summed E-state index contributed by atoms with van der Waals surface area (Å²) in [5.74, 6) is 0. The molecule has 0 spiro atoms. The van der Waals surface area contributed by atoms with E-state index in [2.05, 4.69) is 11.9 Å². The molecule has 0 fully saturated rings. The van der Waals surface area contributed by atoms with Crippen LogP contribution in [-0.2, 0) is 0 Å². The number of hydrogen-bond donors (Lipinski definition) is 2. The minimum Gasteiger partial charge on any atom is -0.398 e. The lowest BCUT2D eigenvalue weighted by atomic mass is 10.3. The molecular weight excluding hydrogens is 196 g/mol. The predicted octanol–water partition coefficient (Wildman–Crippen LogP) is 1.84. The molecule has 0 radical (unpaired) electrons. The predicted molar refractivity (Wildman–Crippen MR) is 60.4 cm³/mol. The Bertz CT molecular complexity index is 304. The highest BCUT2D eigenvalue weighted by atomic mass is 32.2. The van der Waals surface area contributed by atoms with Crippen molar-refractivity contribution in [1.82, 2.24) is 4.98 Å². The van der Waals surface area contributed by atoms with Gasteiger partial charge in [-0.2, -0.15) is 0 Å². The Morgan fingerprint density at radius 2 is 2.36 bits per heavy atom. The number of nitrogens with zero attached hydrogens (tertiary/aromatic N) is 1. The third-order valence-corrected chi connectivity index (χ3v) is 3.08. The molecule has 0 saturated carbocycles. The van der Waals surface area contributed by atoms with Crippen LogP contribution in [-0.4, -0.2) is 21.9 Å². The first-order valence-corrected chi connectivity index (χ1v) is 5.51. The summed E-state index contributed by atoms with van der Waals surface area (Å²) in [7, 11) is 0. The van der Waals surface area contributed by atoms with Crippen LogP contribution in [0.15, 0.2) is 17.3 Å². The van der Waals surface area contributed by atoms with E-state index in [-0.39, 0.29) is 6.61 Å². The van der Waals surface area contributed by atoms with Gasteiger partial charge in [0.25, 0.3) is 0 Å². The monoisotopic (exact) mass is 212 g/mol. The molecular formula is C10H16N2OS. The molecule has 0 aliphatic rings. The molecule has 1 aromatic heterocycles. The number of pyridine rings is 1. The van der Waals surface area contributed by atoms with E-state index in [9.17, 15) is 0 Å². The van der Waals surface area contributed by atoms with E-state index in [1.165, 1.54) is 0 Å². The Morgan fingerprint density at radius 1 is 1.64 bits per heavy atom. The van der Waals surface area contributed by atoms with Gasteiger partial charge in [-0.1, -0.05) is 6.92 Å². The van der Waals surface area contributed by atoms with Gasteiger partial charge in [0.2, 0.25) is 0 Å². The van der Waals surface area contributed by atoms with E-state index >= 15 is 0 Å². The topological polar surface area (TPSA) is 59.1 Å². The second-order valence-corrected chi connectivity index (χ2v) is 4.78. The van der Waals surface area contributed by atoms with Crippen molar-refractivity contribution in [3.05, 3.63) is 17.8 Å². The molecule has 14 heavy (non-hydrogen) atoms. The van der Waals surface area contributed by atoms with Crippen LogP contribution in [0.25, 0.3) is 0 Å². The van der Waals surface area contributed by atoms with Crippen LogP contribution in [0.2, 0.25) is 0 Å². The summed E-state index contributed by atoms with van der Waals surface area (Å²) in [4.78, 5) is 4.26. The minimum atomic E-state index is 0.218. The number of hydrogen-bond acceptors (Lipinski definition) is 4. The Kier molecular flexibility index (Phi) is 4.22. The van der Waals surface area contributed by atoms with Gasteiger partial charge in [0, 0.05) is 23.7 Å². The van der Waals surface area contributed by atoms with E-state index < -0.39 is 0 Å². The van der Waals surface area contributed by atoms with Crippen LogP contribution in [0.3, 0.4) is 0 Å². The summed E-state index contributed by atoms with van der Waals surface area (Å²) in [6, 6.07) is 1.88. The molecule has 1 rings (SSSR count). The Hall–Kier alpha value is -0.740. The zero-order valence-electron chi connectivity index (χ0n) is 8.53. The van der Waals surface area contributed by atoms with E-state index in [1.54, 1.807) is 18.0 Å². The maximum atomic E-state index is 8.75. The van der Waals surface area contributed by atoms with E-state index in [0.717, 1.165) is 22.7 Å². The maximum Gasteiger partial charge on any atom is 0.0983 e. The van der Waals surface area contributed by atoms with Gasteiger partial charge >= 0.3 is 0 Å². The normalized spacial score (nSPS) is 12.8. The highest BCUT2D eigenvalue weighted by Gasteiger charge is 2.05. The van der Waals surface area contributed by atoms with Gasteiger partial charge in [0.05, 0.1) is 5.03 Å². The highest BCUT2D eigenvalue weighted by Crippen LogP contribution is 2.25. The van der Waals surface area contributed by atoms with Crippen molar-refractivity contribution in [3.8, 4) is 0 Å².